The van der Waals surface area contributed by atoms with Crippen LogP contribution in [0.2, 0.25) is 0 Å². The van der Waals surface area contributed by atoms with Crippen LogP contribution in [0.4, 0.5) is 0 Å². The first-order chi connectivity index (χ1) is 10.0. The fraction of sp³-hybridized carbons (Fsp3) is 0.412. The maximum absolute atomic E-state index is 6.19. The summed E-state index contributed by atoms with van der Waals surface area (Å²) in [5, 5.41) is 0. The number of aromatic nitrogens is 2. The summed E-state index contributed by atoms with van der Waals surface area (Å²) in [6.45, 7) is 6.76. The molecule has 4 nitrogen and oxygen atoms in total. The van der Waals surface area contributed by atoms with Crippen molar-refractivity contribution in [3.63, 3.8) is 0 Å². The molecular weight excluding hydrogens is 260 g/mol. The van der Waals surface area contributed by atoms with Crippen molar-refractivity contribution in [3.8, 4) is 0 Å². The van der Waals surface area contributed by atoms with E-state index in [1.165, 1.54) is 5.56 Å². The normalized spacial score (nSPS) is 11.8. The first kappa shape index (κ1) is 15.6. The van der Waals surface area contributed by atoms with Crippen LogP contribution in [0.25, 0.3) is 0 Å². The van der Waals surface area contributed by atoms with Crippen LogP contribution < -0.4 is 5.73 Å². The zero-order valence-electron chi connectivity index (χ0n) is 12.9. The van der Waals surface area contributed by atoms with Crippen molar-refractivity contribution in [2.45, 2.75) is 32.4 Å². The van der Waals surface area contributed by atoms with Crippen molar-refractivity contribution < 1.29 is 0 Å². The Morgan fingerprint density at radius 2 is 2.00 bits per heavy atom. The van der Waals surface area contributed by atoms with Crippen molar-refractivity contribution in [1.82, 2.24) is 14.9 Å². The Morgan fingerprint density at radius 3 is 2.62 bits per heavy atom. The third kappa shape index (κ3) is 6.02. The molecule has 21 heavy (non-hydrogen) atoms. The molecule has 0 aromatic carbocycles. The van der Waals surface area contributed by atoms with E-state index in [0.717, 1.165) is 31.7 Å². The highest BCUT2D eigenvalue weighted by molar-refractivity contribution is 5.09. The van der Waals surface area contributed by atoms with Crippen LogP contribution in [0.5, 0.6) is 0 Å². The molecular formula is C17H24N4. The summed E-state index contributed by atoms with van der Waals surface area (Å²) in [5.74, 6) is 0. The van der Waals surface area contributed by atoms with E-state index in [1.54, 1.807) is 6.20 Å². The van der Waals surface area contributed by atoms with Gasteiger partial charge in [-0.1, -0.05) is 12.1 Å². The monoisotopic (exact) mass is 284 g/mol. The van der Waals surface area contributed by atoms with Gasteiger partial charge in [-0.25, -0.2) is 0 Å². The van der Waals surface area contributed by atoms with Crippen molar-refractivity contribution in [1.29, 1.82) is 0 Å². The van der Waals surface area contributed by atoms with Gasteiger partial charge in [0, 0.05) is 55.9 Å². The summed E-state index contributed by atoms with van der Waals surface area (Å²) in [7, 11) is 0. The summed E-state index contributed by atoms with van der Waals surface area (Å²) in [5.41, 5.74) is 8.30. The van der Waals surface area contributed by atoms with Crippen LogP contribution >= 0.6 is 0 Å². The van der Waals surface area contributed by atoms with Gasteiger partial charge in [-0.2, -0.15) is 0 Å². The molecule has 2 aromatic heterocycles. The second-order valence-electron chi connectivity index (χ2n) is 6.13. The lowest BCUT2D eigenvalue weighted by atomic mass is 10.1. The average Bonchev–Trinajstić information content (AvgIpc) is 2.45. The molecule has 0 aliphatic carbocycles. The summed E-state index contributed by atoms with van der Waals surface area (Å²) < 4.78 is 0. The molecule has 0 amide bonds. The van der Waals surface area contributed by atoms with E-state index in [4.69, 9.17) is 5.73 Å². The Bertz CT molecular complexity index is 519. The molecule has 0 saturated carbocycles. The van der Waals surface area contributed by atoms with Crippen LogP contribution in [0.3, 0.4) is 0 Å². The molecule has 0 atom stereocenters. The second kappa shape index (κ2) is 7.29. The maximum atomic E-state index is 6.19. The van der Waals surface area contributed by atoms with E-state index >= 15 is 0 Å². The molecule has 0 fully saturated rings. The highest BCUT2D eigenvalue weighted by Gasteiger charge is 2.17. The van der Waals surface area contributed by atoms with Crippen molar-refractivity contribution in [3.05, 3.63) is 60.2 Å². The lowest BCUT2D eigenvalue weighted by molar-refractivity contribution is 0.219. The highest BCUT2D eigenvalue weighted by atomic mass is 15.1. The highest BCUT2D eigenvalue weighted by Crippen LogP contribution is 2.09. The van der Waals surface area contributed by atoms with E-state index in [2.05, 4.69) is 40.8 Å². The molecule has 2 heterocycles. The first-order valence-corrected chi connectivity index (χ1v) is 7.33. The van der Waals surface area contributed by atoms with Crippen LogP contribution in [0, 0.1) is 0 Å². The van der Waals surface area contributed by atoms with Gasteiger partial charge in [-0.05, 0) is 37.6 Å². The standard InChI is InChI=1S/C17H24N4/c1-17(2,18)14-21(13-15-6-5-9-19-12-15)11-8-16-7-3-4-10-20-16/h3-7,9-10,12H,8,11,13-14,18H2,1-2H3. The third-order valence-corrected chi connectivity index (χ3v) is 3.17. The van der Waals surface area contributed by atoms with Gasteiger partial charge in [0.15, 0.2) is 0 Å². The van der Waals surface area contributed by atoms with Gasteiger partial charge in [-0.15, -0.1) is 0 Å². The lowest BCUT2D eigenvalue weighted by Gasteiger charge is -2.29. The smallest absolute Gasteiger partial charge is 0.0416 e. The summed E-state index contributed by atoms with van der Waals surface area (Å²) in [6.07, 6.45) is 6.48. The van der Waals surface area contributed by atoms with Gasteiger partial charge < -0.3 is 5.73 Å². The first-order valence-electron chi connectivity index (χ1n) is 7.33. The van der Waals surface area contributed by atoms with Gasteiger partial charge in [0.1, 0.15) is 0 Å². The van der Waals surface area contributed by atoms with E-state index in [9.17, 15) is 0 Å². The molecule has 2 rings (SSSR count). The Morgan fingerprint density at radius 1 is 1.14 bits per heavy atom. The molecule has 4 heteroatoms. The molecule has 0 unspecified atom stereocenters. The molecule has 0 bridgehead atoms. The van der Waals surface area contributed by atoms with Crippen LogP contribution in [-0.4, -0.2) is 33.5 Å². The quantitative estimate of drug-likeness (QED) is 0.847. The van der Waals surface area contributed by atoms with Crippen molar-refractivity contribution in [2.24, 2.45) is 5.73 Å². The van der Waals surface area contributed by atoms with Crippen LogP contribution in [0.1, 0.15) is 25.1 Å². The average molecular weight is 284 g/mol. The minimum Gasteiger partial charge on any atom is -0.324 e. The lowest BCUT2D eigenvalue weighted by Crippen LogP contribution is -2.45. The number of nitrogens with two attached hydrogens (primary N) is 1. The number of nitrogens with zero attached hydrogens (tertiary/aromatic N) is 3. The zero-order chi connectivity index (χ0) is 15.1. The molecule has 2 N–H and O–H groups in total. The number of pyridine rings is 2. The predicted octanol–water partition coefficient (Wildman–Crippen LogP) is 2.26. The molecule has 2 aromatic rings. The van der Waals surface area contributed by atoms with Gasteiger partial charge in [0.05, 0.1) is 0 Å². The Hall–Kier alpha value is -1.78. The number of hydrogen-bond acceptors (Lipinski definition) is 4. The molecule has 0 aliphatic rings. The van der Waals surface area contributed by atoms with E-state index in [-0.39, 0.29) is 5.54 Å². The van der Waals surface area contributed by atoms with Crippen LogP contribution in [-0.2, 0) is 13.0 Å². The summed E-state index contributed by atoms with van der Waals surface area (Å²) in [6, 6.07) is 10.1. The van der Waals surface area contributed by atoms with Gasteiger partial charge >= 0.3 is 0 Å². The summed E-state index contributed by atoms with van der Waals surface area (Å²) >= 11 is 0. The molecule has 0 spiro atoms. The Kier molecular flexibility index (Phi) is 5.42. The molecule has 0 saturated heterocycles. The fourth-order valence-corrected chi connectivity index (χ4v) is 2.36. The molecule has 112 valence electrons. The van der Waals surface area contributed by atoms with E-state index < -0.39 is 0 Å². The largest absolute Gasteiger partial charge is 0.324 e. The van der Waals surface area contributed by atoms with Gasteiger partial charge in [0.2, 0.25) is 0 Å². The number of hydrogen-bond donors (Lipinski definition) is 1. The fourth-order valence-electron chi connectivity index (χ4n) is 2.36. The zero-order valence-corrected chi connectivity index (χ0v) is 12.9. The maximum Gasteiger partial charge on any atom is 0.0416 e. The molecule has 0 radical (unpaired) electrons. The predicted molar refractivity (Wildman–Crippen MR) is 85.7 cm³/mol. The Labute approximate surface area is 127 Å². The third-order valence-electron chi connectivity index (χ3n) is 3.17. The minimum absolute atomic E-state index is 0.216. The minimum atomic E-state index is -0.216. The SMILES string of the molecule is CC(C)(N)CN(CCc1ccccn1)Cc1cccnc1. The van der Waals surface area contributed by atoms with Crippen molar-refractivity contribution >= 4 is 0 Å². The topological polar surface area (TPSA) is 55.0 Å². The second-order valence-corrected chi connectivity index (χ2v) is 6.13. The molecule has 0 aliphatic heterocycles. The number of rotatable bonds is 7. The Balaban J connectivity index is 1.98. The van der Waals surface area contributed by atoms with E-state index in [1.807, 2.05) is 30.6 Å². The van der Waals surface area contributed by atoms with E-state index in [0.29, 0.717) is 0 Å². The van der Waals surface area contributed by atoms with Gasteiger partial charge in [0.25, 0.3) is 0 Å². The van der Waals surface area contributed by atoms with Gasteiger partial charge in [-0.3, -0.25) is 14.9 Å². The van der Waals surface area contributed by atoms with Crippen molar-refractivity contribution in [2.75, 3.05) is 13.1 Å². The summed E-state index contributed by atoms with van der Waals surface area (Å²) in [4.78, 5) is 10.9. The van der Waals surface area contributed by atoms with Crippen LogP contribution in [0.15, 0.2) is 48.9 Å².